The van der Waals surface area contributed by atoms with Gasteiger partial charge in [0.2, 0.25) is 0 Å². The average molecular weight is 467 g/mol. The maximum absolute atomic E-state index is 8.53. The van der Waals surface area contributed by atoms with Crippen LogP contribution in [0.5, 0.6) is 0 Å². The van der Waals surface area contributed by atoms with Crippen molar-refractivity contribution in [1.29, 1.82) is 0 Å². The highest BCUT2D eigenvalue weighted by atomic mass is 35.5. The van der Waals surface area contributed by atoms with E-state index in [1.54, 1.807) is 5.38 Å². The monoisotopic (exact) mass is 466 g/mol. The van der Waals surface area contributed by atoms with Crippen molar-refractivity contribution in [2.24, 2.45) is 0 Å². The molecule has 0 aliphatic carbocycles. The zero-order valence-corrected chi connectivity index (χ0v) is 18.4. The Morgan fingerprint density at radius 2 is 1.86 bits per heavy atom. The number of halogens is 2. The first kappa shape index (κ1) is 15.0. The summed E-state index contributed by atoms with van der Waals surface area (Å²) in [6.45, 7) is 6.98. The average Bonchev–Trinajstić information content (AvgIpc) is 3.35. The number of nitrogens with one attached hydrogen (secondary N) is 1. The highest BCUT2D eigenvalue weighted by molar-refractivity contribution is 7.13. The van der Waals surface area contributed by atoms with E-state index in [9.17, 15) is 0 Å². The van der Waals surface area contributed by atoms with E-state index >= 15 is 0 Å². The van der Waals surface area contributed by atoms with Gasteiger partial charge in [0, 0.05) is 43.8 Å². The van der Waals surface area contributed by atoms with E-state index in [1.807, 2.05) is 4.90 Å². The number of piperazine rings is 1. The van der Waals surface area contributed by atoms with Crippen LogP contribution in [0, 0.1) is 0 Å². The van der Waals surface area contributed by atoms with Crippen LogP contribution < -0.4 is 10.2 Å². The molecule has 0 saturated carbocycles. The summed E-state index contributed by atoms with van der Waals surface area (Å²) in [5, 5.41) is 2.65. The second-order valence-electron chi connectivity index (χ2n) is 6.37. The molecule has 0 spiro atoms. The summed E-state index contributed by atoms with van der Waals surface area (Å²) in [5.74, 6) is -0.646. The van der Waals surface area contributed by atoms with Crippen molar-refractivity contribution in [3.63, 3.8) is 0 Å². The lowest BCUT2D eigenvalue weighted by atomic mass is 10.2. The van der Waals surface area contributed by atoms with Crippen LogP contribution in [0.15, 0.2) is 48.0 Å². The molecular formula is C20H26Cl2N6S. The largest absolute Gasteiger partial charge is 0.368 e. The normalized spacial score (nSPS) is 17.6. The number of rotatable bonds is 5. The number of hydrogen-bond acceptors (Lipinski definition) is 7. The van der Waals surface area contributed by atoms with Crippen molar-refractivity contribution in [2.75, 3.05) is 36.4 Å². The van der Waals surface area contributed by atoms with Gasteiger partial charge in [0.1, 0.15) is 22.3 Å². The lowest BCUT2D eigenvalue weighted by molar-refractivity contribution is 0.209. The van der Waals surface area contributed by atoms with Gasteiger partial charge in [-0.3, -0.25) is 4.90 Å². The molecule has 0 amide bonds. The number of pyridine rings is 2. The van der Waals surface area contributed by atoms with Gasteiger partial charge in [-0.15, -0.1) is 36.2 Å². The SMILES string of the molecule is Cl.Cl.[3H]c1nc(N([3H])c2nc(-c3nccs3)c([3H])c([3H])c2[3H])c([3H])c([3H])c1N1CCN(C(C)C)CC1. The molecule has 0 radical (unpaired) electrons. The van der Waals surface area contributed by atoms with E-state index in [-0.39, 0.29) is 72.1 Å². The Kier molecular flexibility index (Phi) is 5.54. The molecule has 4 heterocycles. The lowest BCUT2D eigenvalue weighted by Crippen LogP contribution is -2.48. The second kappa shape index (κ2) is 10.7. The number of thiazole rings is 1. The number of nitrogens with zero attached hydrogens (tertiary/aromatic N) is 5. The highest BCUT2D eigenvalue weighted by Gasteiger charge is 2.19. The van der Waals surface area contributed by atoms with Crippen LogP contribution in [0.3, 0.4) is 0 Å². The molecule has 0 atom stereocenters. The van der Waals surface area contributed by atoms with Gasteiger partial charge in [-0.05, 0) is 38.0 Å². The minimum Gasteiger partial charge on any atom is -0.368 e. The van der Waals surface area contributed by atoms with E-state index in [4.69, 9.17) is 9.64 Å². The van der Waals surface area contributed by atoms with Gasteiger partial charge < -0.3 is 10.2 Å². The minimum atomic E-state index is -0.478. The van der Waals surface area contributed by atoms with Gasteiger partial charge in [-0.1, -0.05) is 6.04 Å². The molecule has 156 valence electrons. The van der Waals surface area contributed by atoms with Gasteiger partial charge in [-0.25, -0.2) is 15.0 Å². The van der Waals surface area contributed by atoms with Crippen LogP contribution in [-0.2, 0) is 0 Å². The number of anilines is 3. The fraction of sp³-hybridized carbons (Fsp3) is 0.350. The number of hydrogen-bond donors (Lipinski definition) is 1. The fourth-order valence-corrected chi connectivity index (χ4v) is 3.43. The molecule has 29 heavy (non-hydrogen) atoms. The van der Waals surface area contributed by atoms with Crippen LogP contribution in [0.2, 0.25) is 1.41 Å². The van der Waals surface area contributed by atoms with Crippen molar-refractivity contribution in [3.05, 3.63) is 48.0 Å². The second-order valence-corrected chi connectivity index (χ2v) is 7.27. The summed E-state index contributed by atoms with van der Waals surface area (Å²) in [7, 11) is 0. The first-order valence-corrected chi connectivity index (χ1v) is 9.63. The van der Waals surface area contributed by atoms with E-state index in [0.29, 0.717) is 29.4 Å². The quantitative estimate of drug-likeness (QED) is 0.586. The fourth-order valence-electron chi connectivity index (χ4n) is 2.84. The molecule has 1 N–H and O–H groups in total. The molecule has 1 saturated heterocycles. The van der Waals surface area contributed by atoms with Crippen LogP contribution in [0.25, 0.3) is 10.7 Å². The van der Waals surface area contributed by atoms with Crippen LogP contribution in [0.1, 0.15) is 22.1 Å². The molecule has 1 aliphatic heterocycles. The Morgan fingerprint density at radius 1 is 1.07 bits per heavy atom. The van der Waals surface area contributed by atoms with E-state index in [1.165, 1.54) is 17.5 Å². The molecule has 0 unspecified atom stereocenters. The molecule has 3 aromatic heterocycles. The smallest absolute Gasteiger partial charge is 0.170 e. The molecule has 9 heteroatoms. The van der Waals surface area contributed by atoms with Crippen molar-refractivity contribution in [1.82, 2.24) is 19.9 Å². The minimum absolute atomic E-state index is 0. The Balaban J connectivity index is 0.00000228. The molecule has 1 aliphatic rings. The predicted octanol–water partition coefficient (Wildman–Crippen LogP) is 4.72. The van der Waals surface area contributed by atoms with E-state index in [0.717, 1.165) is 13.1 Å². The van der Waals surface area contributed by atoms with Crippen molar-refractivity contribution < 1.29 is 9.64 Å². The third-order valence-electron chi connectivity index (χ3n) is 4.34. The molecule has 6 nitrogen and oxygen atoms in total. The van der Waals surface area contributed by atoms with E-state index < -0.39 is 12.1 Å². The first-order valence-electron chi connectivity index (χ1n) is 12.2. The number of aromatic nitrogens is 3. The lowest BCUT2D eigenvalue weighted by Gasteiger charge is -2.38. The summed E-state index contributed by atoms with van der Waals surface area (Å²) in [4.78, 5) is 16.6. The van der Waals surface area contributed by atoms with Gasteiger partial charge in [0.15, 0.2) is 1.41 Å². The zero-order chi connectivity index (χ0) is 24.7. The van der Waals surface area contributed by atoms with Crippen LogP contribution >= 0.6 is 36.2 Å². The van der Waals surface area contributed by atoms with Crippen LogP contribution in [0.4, 0.5) is 17.3 Å². The Hall–Kier alpha value is -1.93. The molecule has 0 aromatic carbocycles. The first-order chi connectivity index (χ1) is 16.1. The van der Waals surface area contributed by atoms with Crippen molar-refractivity contribution in [3.8, 4) is 10.7 Å². The maximum atomic E-state index is 8.53. The maximum Gasteiger partial charge on any atom is 0.170 e. The zero-order valence-electron chi connectivity index (χ0n) is 23.0. The molecule has 3 aromatic rings. The molecule has 4 rings (SSSR count). The van der Waals surface area contributed by atoms with Crippen molar-refractivity contribution in [2.45, 2.75) is 19.9 Å². The Labute approximate surface area is 198 Å². The molecule has 0 bridgehead atoms. The third-order valence-corrected chi connectivity index (χ3v) is 5.12. The topological polar surface area (TPSA) is 57.2 Å². The molecular weight excluding hydrogens is 427 g/mol. The van der Waals surface area contributed by atoms with E-state index in [2.05, 4.69) is 33.7 Å². The van der Waals surface area contributed by atoms with Crippen LogP contribution in [-0.4, -0.2) is 52.1 Å². The summed E-state index contributed by atoms with van der Waals surface area (Å²) in [6.07, 6.45) is 1.29. The summed E-state index contributed by atoms with van der Waals surface area (Å²) in [6, 6.07) is -1.39. The van der Waals surface area contributed by atoms with Gasteiger partial charge in [-0.2, -0.15) is 0 Å². The summed E-state index contributed by atoms with van der Waals surface area (Å²) >= 11 is 1.21. The third kappa shape index (κ3) is 5.79. The van der Waals surface area contributed by atoms with Crippen molar-refractivity contribution >= 4 is 53.5 Å². The van der Waals surface area contributed by atoms with Gasteiger partial charge in [0.25, 0.3) is 0 Å². The van der Waals surface area contributed by atoms with Gasteiger partial charge >= 0.3 is 0 Å². The summed E-state index contributed by atoms with van der Waals surface area (Å²) < 4.78 is 58.5. The Morgan fingerprint density at radius 3 is 2.55 bits per heavy atom. The highest BCUT2D eigenvalue weighted by Crippen LogP contribution is 2.23. The molecule has 1 fully saturated rings. The van der Waals surface area contributed by atoms with Gasteiger partial charge in [0.05, 0.1) is 20.1 Å². The Bertz CT molecular complexity index is 1210. The predicted molar refractivity (Wildman–Crippen MR) is 126 cm³/mol. The standard InChI is InChI=1S/C20H24N6S.2ClH/c1-15(2)25-9-11-26(12-10-25)16-6-7-18(22-14-16)24-19-5-3-4-17(23-19)20-21-8-13-27-20;;/h3-8,13-15H,9-12H2,1-2H3,(H,22,23,24);2*1H/i3T,4T,5T,6T,7T,14T;;/hT. The summed E-state index contributed by atoms with van der Waals surface area (Å²) in [5.41, 5.74) is 0.294.